The predicted octanol–water partition coefficient (Wildman–Crippen LogP) is 3.71. The first kappa shape index (κ1) is 27.0. The highest BCUT2D eigenvalue weighted by molar-refractivity contribution is 5.94. The summed E-state index contributed by atoms with van der Waals surface area (Å²) in [6, 6.07) is 7.61. The minimum atomic E-state index is 0. The van der Waals surface area contributed by atoms with Gasteiger partial charge in [-0.2, -0.15) is 0 Å². The van der Waals surface area contributed by atoms with E-state index >= 15 is 0 Å². The molecule has 0 spiro atoms. The van der Waals surface area contributed by atoms with Crippen LogP contribution >= 0.6 is 24.8 Å². The molecule has 1 aliphatic rings. The number of likely N-dealkylation sites (N-methyl/N-ethyl adjacent to an activating group) is 1. The maximum atomic E-state index is 12.7. The van der Waals surface area contributed by atoms with Crippen molar-refractivity contribution in [2.24, 2.45) is 5.92 Å². The number of carbonyl (C=O) groups is 1. The summed E-state index contributed by atoms with van der Waals surface area (Å²) < 4.78 is 5.80. The molecular formula is C21H37Cl2N3O2. The van der Waals surface area contributed by atoms with Crippen molar-refractivity contribution in [2.75, 3.05) is 52.9 Å². The summed E-state index contributed by atoms with van der Waals surface area (Å²) in [4.78, 5) is 17.0. The molecule has 1 aromatic rings. The summed E-state index contributed by atoms with van der Waals surface area (Å²) in [6.45, 7) is 10.8. The number of ether oxygens (including phenoxy) is 1. The molecule has 162 valence electrons. The van der Waals surface area contributed by atoms with E-state index in [1.165, 1.54) is 6.42 Å². The van der Waals surface area contributed by atoms with Crippen LogP contribution in [0, 0.1) is 5.92 Å². The third kappa shape index (κ3) is 8.56. The fraction of sp³-hybridized carbons (Fsp3) is 0.667. The van der Waals surface area contributed by atoms with E-state index in [9.17, 15) is 4.79 Å². The van der Waals surface area contributed by atoms with Crippen molar-refractivity contribution in [1.29, 1.82) is 0 Å². The number of nitrogens with zero attached hydrogens (tertiary/aromatic N) is 2. The molecule has 28 heavy (non-hydrogen) atoms. The van der Waals surface area contributed by atoms with Gasteiger partial charge in [0.25, 0.3) is 5.91 Å². The number of nitrogens with one attached hydrogen (secondary N) is 1. The van der Waals surface area contributed by atoms with Crippen molar-refractivity contribution in [2.45, 2.75) is 33.1 Å². The number of benzene rings is 1. The molecule has 1 fully saturated rings. The van der Waals surface area contributed by atoms with Crippen molar-refractivity contribution < 1.29 is 9.53 Å². The smallest absolute Gasteiger partial charge is 0.253 e. The molecule has 0 bridgehead atoms. The number of carbonyl (C=O) groups excluding carboxylic acids is 1. The van der Waals surface area contributed by atoms with Crippen LogP contribution in [0.4, 0.5) is 0 Å². The molecule has 0 atom stereocenters. The van der Waals surface area contributed by atoms with Crippen LogP contribution in [0.25, 0.3) is 0 Å². The molecule has 0 aliphatic carbocycles. The van der Waals surface area contributed by atoms with E-state index < -0.39 is 0 Å². The Kier molecular flexibility index (Phi) is 14.4. The summed E-state index contributed by atoms with van der Waals surface area (Å²) in [7, 11) is 2.00. The third-order valence-electron chi connectivity index (χ3n) is 5.38. The fourth-order valence-electron chi connectivity index (χ4n) is 3.48. The molecule has 0 aromatic heterocycles. The van der Waals surface area contributed by atoms with Crippen LogP contribution in [-0.4, -0.2) is 68.6 Å². The second-order valence-electron chi connectivity index (χ2n) is 7.03. The van der Waals surface area contributed by atoms with E-state index in [1.54, 1.807) is 0 Å². The zero-order valence-electron chi connectivity index (χ0n) is 17.5. The number of hydrogen-bond donors (Lipinski definition) is 1. The lowest BCUT2D eigenvalue weighted by Gasteiger charge is -2.32. The van der Waals surface area contributed by atoms with Crippen LogP contribution in [0.2, 0.25) is 0 Å². The van der Waals surface area contributed by atoms with Crippen LogP contribution in [0.3, 0.4) is 0 Å². The molecule has 1 saturated heterocycles. The summed E-state index contributed by atoms with van der Waals surface area (Å²) in [6.07, 6.45) is 3.43. The largest absolute Gasteiger partial charge is 0.492 e. The molecule has 1 heterocycles. The second-order valence-corrected chi connectivity index (χ2v) is 7.03. The first-order chi connectivity index (χ1) is 12.7. The number of rotatable bonds is 10. The van der Waals surface area contributed by atoms with Crippen LogP contribution in [0.1, 0.15) is 43.5 Å². The number of piperidine rings is 1. The SMILES string of the molecule is CCN(CC)CCOc1ccc(C(=O)N2CCC(CCNC)CC2)cc1.Cl.Cl. The van der Waals surface area contributed by atoms with Gasteiger partial charge in [0.05, 0.1) is 0 Å². The zero-order valence-corrected chi connectivity index (χ0v) is 19.1. The molecule has 0 radical (unpaired) electrons. The van der Waals surface area contributed by atoms with Gasteiger partial charge in [-0.05, 0) is 76.1 Å². The fourth-order valence-corrected chi connectivity index (χ4v) is 3.48. The van der Waals surface area contributed by atoms with Gasteiger partial charge in [0.1, 0.15) is 12.4 Å². The Balaban J connectivity index is 0.00000364. The Labute approximate surface area is 183 Å². The Morgan fingerprint density at radius 2 is 1.75 bits per heavy atom. The minimum Gasteiger partial charge on any atom is -0.492 e. The van der Waals surface area contributed by atoms with Gasteiger partial charge in [-0.15, -0.1) is 24.8 Å². The summed E-state index contributed by atoms with van der Waals surface area (Å²) in [5.41, 5.74) is 0.759. The van der Waals surface area contributed by atoms with Crippen molar-refractivity contribution >= 4 is 30.7 Å². The third-order valence-corrected chi connectivity index (χ3v) is 5.38. The van der Waals surface area contributed by atoms with Gasteiger partial charge in [-0.1, -0.05) is 13.8 Å². The van der Waals surface area contributed by atoms with Gasteiger partial charge in [-0.3, -0.25) is 4.79 Å². The number of halogens is 2. The average Bonchev–Trinajstić information content (AvgIpc) is 2.70. The highest BCUT2D eigenvalue weighted by Gasteiger charge is 2.23. The lowest BCUT2D eigenvalue weighted by atomic mass is 9.93. The lowest BCUT2D eigenvalue weighted by Crippen LogP contribution is -2.38. The molecule has 7 heteroatoms. The molecule has 0 unspecified atom stereocenters. The Bertz CT molecular complexity index is 531. The standard InChI is InChI=1S/C21H35N3O2.2ClH/c1-4-23(5-2)16-17-26-20-8-6-19(7-9-20)21(25)24-14-11-18(12-15-24)10-13-22-3;;/h6-9,18,22H,4-5,10-17H2,1-3H3;2*1H. The molecule has 1 N–H and O–H groups in total. The van der Waals surface area contributed by atoms with Gasteiger partial charge in [-0.25, -0.2) is 0 Å². The van der Waals surface area contributed by atoms with Gasteiger partial charge in [0.15, 0.2) is 0 Å². The van der Waals surface area contributed by atoms with E-state index in [2.05, 4.69) is 24.1 Å². The number of hydrogen-bond acceptors (Lipinski definition) is 4. The second kappa shape index (κ2) is 14.9. The Hall–Kier alpha value is -1.01. The van der Waals surface area contributed by atoms with Gasteiger partial charge >= 0.3 is 0 Å². The Morgan fingerprint density at radius 3 is 2.29 bits per heavy atom. The molecule has 1 aliphatic heterocycles. The van der Waals surface area contributed by atoms with Gasteiger partial charge < -0.3 is 19.9 Å². The van der Waals surface area contributed by atoms with Gasteiger partial charge in [0.2, 0.25) is 0 Å². The quantitative estimate of drug-likeness (QED) is 0.610. The van der Waals surface area contributed by atoms with Crippen molar-refractivity contribution in [3.8, 4) is 5.75 Å². The summed E-state index contributed by atoms with van der Waals surface area (Å²) in [5.74, 6) is 1.72. The first-order valence-corrected chi connectivity index (χ1v) is 10.1. The predicted molar refractivity (Wildman–Crippen MR) is 121 cm³/mol. The minimum absolute atomic E-state index is 0. The van der Waals surface area contributed by atoms with E-state index in [4.69, 9.17) is 4.74 Å². The average molecular weight is 434 g/mol. The summed E-state index contributed by atoms with van der Waals surface area (Å²) >= 11 is 0. The van der Waals surface area contributed by atoms with E-state index in [1.807, 2.05) is 36.2 Å². The molecule has 2 rings (SSSR count). The van der Waals surface area contributed by atoms with Crippen LogP contribution in [-0.2, 0) is 0 Å². The molecule has 0 saturated carbocycles. The van der Waals surface area contributed by atoms with Crippen molar-refractivity contribution in [3.63, 3.8) is 0 Å². The van der Waals surface area contributed by atoms with Crippen LogP contribution in [0.15, 0.2) is 24.3 Å². The molecule has 5 nitrogen and oxygen atoms in total. The zero-order chi connectivity index (χ0) is 18.8. The maximum Gasteiger partial charge on any atom is 0.253 e. The molecule has 1 aromatic carbocycles. The van der Waals surface area contributed by atoms with Crippen LogP contribution in [0.5, 0.6) is 5.75 Å². The Morgan fingerprint density at radius 1 is 1.14 bits per heavy atom. The highest BCUT2D eigenvalue weighted by atomic mass is 35.5. The van der Waals surface area contributed by atoms with E-state index in [-0.39, 0.29) is 30.7 Å². The topological polar surface area (TPSA) is 44.8 Å². The summed E-state index contributed by atoms with van der Waals surface area (Å²) in [5, 5.41) is 3.21. The van der Waals surface area contributed by atoms with E-state index in [0.29, 0.717) is 6.61 Å². The number of amides is 1. The number of likely N-dealkylation sites (tertiary alicyclic amines) is 1. The highest BCUT2D eigenvalue weighted by Crippen LogP contribution is 2.22. The molecule has 1 amide bonds. The lowest BCUT2D eigenvalue weighted by molar-refractivity contribution is 0.0687. The maximum absolute atomic E-state index is 12.7. The van der Waals surface area contributed by atoms with Crippen molar-refractivity contribution in [3.05, 3.63) is 29.8 Å². The monoisotopic (exact) mass is 433 g/mol. The van der Waals surface area contributed by atoms with E-state index in [0.717, 1.165) is 69.3 Å². The molecular weight excluding hydrogens is 397 g/mol. The van der Waals surface area contributed by atoms with Crippen LogP contribution < -0.4 is 10.1 Å². The first-order valence-electron chi connectivity index (χ1n) is 10.1. The van der Waals surface area contributed by atoms with Crippen molar-refractivity contribution in [1.82, 2.24) is 15.1 Å². The van der Waals surface area contributed by atoms with Gasteiger partial charge in [0, 0.05) is 25.2 Å². The normalized spacial score (nSPS) is 14.4.